The molecule has 0 saturated carbocycles. The lowest BCUT2D eigenvalue weighted by Gasteiger charge is -2.30. The Morgan fingerprint density at radius 2 is 1.19 bits per heavy atom. The number of benzene rings is 5. The molecule has 0 aromatic heterocycles. The van der Waals surface area contributed by atoms with Crippen LogP contribution in [-0.2, 0) is 5.41 Å². The van der Waals surface area contributed by atoms with Crippen molar-refractivity contribution in [1.82, 2.24) is 5.32 Å². The number of carbonyl (C=O) groups excluding carboxylic acids is 1. The third kappa shape index (κ3) is 2.52. The molecule has 2 aliphatic carbocycles. The van der Waals surface area contributed by atoms with E-state index >= 15 is 0 Å². The fraction of sp³-hybridized carbons (Fsp3) is 0.0606. The summed E-state index contributed by atoms with van der Waals surface area (Å²) in [5.74, 6) is 0. The molecular formula is C33H22N2O2. The van der Waals surface area contributed by atoms with Gasteiger partial charge in [-0.2, -0.15) is 0 Å². The Morgan fingerprint density at radius 1 is 0.622 bits per heavy atom. The summed E-state index contributed by atoms with van der Waals surface area (Å²) in [5, 5.41) is 15.9. The van der Waals surface area contributed by atoms with Gasteiger partial charge in [-0.3, -0.25) is 0 Å². The molecule has 1 unspecified atom stereocenters. The third-order valence-electron chi connectivity index (χ3n) is 8.19. The molecule has 0 radical (unpaired) electrons. The average molecular weight is 479 g/mol. The summed E-state index contributed by atoms with van der Waals surface area (Å²) < 4.78 is 0. The fourth-order valence-corrected chi connectivity index (χ4v) is 6.81. The normalized spacial score (nSPS) is 17.2. The molecule has 1 spiro atoms. The van der Waals surface area contributed by atoms with Crippen molar-refractivity contribution in [3.63, 3.8) is 0 Å². The SMILES string of the molecule is O=C1Nc2ccc(-c3cccc4c3-c3ccccc3C43c4ccccc4-c4ccccc43)cc2C(O)N1. The highest BCUT2D eigenvalue weighted by Crippen LogP contribution is 2.63. The maximum Gasteiger partial charge on any atom is 0.321 e. The summed E-state index contributed by atoms with van der Waals surface area (Å²) in [6.45, 7) is 0. The van der Waals surface area contributed by atoms with Gasteiger partial charge in [0.25, 0.3) is 0 Å². The van der Waals surface area contributed by atoms with Crippen molar-refractivity contribution in [3.8, 4) is 33.4 Å². The predicted molar refractivity (Wildman–Crippen MR) is 145 cm³/mol. The fourth-order valence-electron chi connectivity index (χ4n) is 6.81. The van der Waals surface area contributed by atoms with E-state index in [4.69, 9.17) is 0 Å². The summed E-state index contributed by atoms with van der Waals surface area (Å²) in [7, 11) is 0. The summed E-state index contributed by atoms with van der Waals surface area (Å²) >= 11 is 0. The Labute approximate surface area is 214 Å². The van der Waals surface area contributed by atoms with Crippen molar-refractivity contribution >= 4 is 11.7 Å². The van der Waals surface area contributed by atoms with E-state index in [9.17, 15) is 9.90 Å². The minimum atomic E-state index is -1.05. The van der Waals surface area contributed by atoms with E-state index in [0.29, 0.717) is 11.3 Å². The van der Waals surface area contributed by atoms with Crippen LogP contribution in [0.5, 0.6) is 0 Å². The zero-order valence-electron chi connectivity index (χ0n) is 19.8. The lowest BCUT2D eigenvalue weighted by Crippen LogP contribution is -2.37. The third-order valence-corrected chi connectivity index (χ3v) is 8.19. The number of hydrogen-bond donors (Lipinski definition) is 3. The number of anilines is 1. The van der Waals surface area contributed by atoms with E-state index in [2.05, 4.69) is 102 Å². The molecule has 2 amide bonds. The first-order chi connectivity index (χ1) is 18.2. The van der Waals surface area contributed by atoms with Gasteiger partial charge in [0.2, 0.25) is 0 Å². The summed E-state index contributed by atoms with van der Waals surface area (Å²) in [4.78, 5) is 11.8. The molecule has 1 atom stereocenters. The number of urea groups is 1. The summed E-state index contributed by atoms with van der Waals surface area (Å²) in [6, 6.07) is 38.3. The highest BCUT2D eigenvalue weighted by molar-refractivity contribution is 6.00. The van der Waals surface area contributed by atoms with Crippen LogP contribution in [-0.4, -0.2) is 11.1 Å². The standard InChI is InChI=1S/C33H22N2O2/c36-31-24-18-19(16-17-29(24)34-32(37)35-31)20-11-7-15-28-30(20)23-10-3-6-14-27(23)33(28)25-12-4-1-8-21(25)22-9-2-5-13-26(22)33/h1-18,31,36H,(H2,34,35,37). The second-order valence-corrected chi connectivity index (χ2v) is 9.92. The van der Waals surface area contributed by atoms with Crippen LogP contribution in [0.1, 0.15) is 34.0 Å². The molecule has 37 heavy (non-hydrogen) atoms. The van der Waals surface area contributed by atoms with Gasteiger partial charge in [0.05, 0.1) is 11.1 Å². The largest absolute Gasteiger partial charge is 0.369 e. The Balaban J connectivity index is 1.45. The van der Waals surface area contributed by atoms with Gasteiger partial charge in [0.15, 0.2) is 6.23 Å². The number of rotatable bonds is 1. The van der Waals surface area contributed by atoms with E-state index in [1.165, 1.54) is 44.5 Å². The van der Waals surface area contributed by atoms with Crippen molar-refractivity contribution < 1.29 is 9.90 Å². The maximum absolute atomic E-state index is 11.8. The maximum atomic E-state index is 11.8. The molecular weight excluding hydrogens is 456 g/mol. The molecule has 4 nitrogen and oxygen atoms in total. The van der Waals surface area contributed by atoms with Crippen molar-refractivity contribution in [2.24, 2.45) is 0 Å². The van der Waals surface area contributed by atoms with E-state index in [0.717, 1.165) is 11.1 Å². The Morgan fingerprint density at radius 3 is 1.89 bits per heavy atom. The molecule has 0 saturated heterocycles. The van der Waals surface area contributed by atoms with Gasteiger partial charge in [0, 0.05) is 5.56 Å². The summed E-state index contributed by atoms with van der Waals surface area (Å²) in [5.41, 5.74) is 13.2. The van der Waals surface area contributed by atoms with Gasteiger partial charge < -0.3 is 15.7 Å². The van der Waals surface area contributed by atoms with Gasteiger partial charge in [0.1, 0.15) is 0 Å². The molecule has 8 rings (SSSR count). The monoisotopic (exact) mass is 478 g/mol. The molecule has 176 valence electrons. The number of fused-ring (bicyclic) bond motifs is 11. The van der Waals surface area contributed by atoms with Crippen LogP contribution in [0.25, 0.3) is 33.4 Å². The van der Waals surface area contributed by atoms with Crippen LogP contribution in [0.15, 0.2) is 109 Å². The second-order valence-electron chi connectivity index (χ2n) is 9.92. The number of nitrogens with one attached hydrogen (secondary N) is 2. The highest BCUT2D eigenvalue weighted by atomic mass is 16.3. The smallest absolute Gasteiger partial charge is 0.321 e. The molecule has 0 fully saturated rings. The molecule has 0 bridgehead atoms. The number of carbonyl (C=O) groups is 1. The minimum absolute atomic E-state index is 0.391. The van der Waals surface area contributed by atoms with Gasteiger partial charge in [-0.25, -0.2) is 4.79 Å². The zero-order chi connectivity index (χ0) is 24.7. The number of hydrogen-bond acceptors (Lipinski definition) is 2. The van der Waals surface area contributed by atoms with Gasteiger partial charge >= 0.3 is 6.03 Å². The molecule has 4 heteroatoms. The van der Waals surface area contributed by atoms with Crippen molar-refractivity contribution in [2.75, 3.05) is 5.32 Å². The second kappa shape index (κ2) is 7.19. The number of aliphatic hydroxyl groups excluding tert-OH is 1. The van der Waals surface area contributed by atoms with Crippen LogP contribution in [0.4, 0.5) is 10.5 Å². The van der Waals surface area contributed by atoms with E-state index < -0.39 is 17.7 Å². The van der Waals surface area contributed by atoms with Gasteiger partial charge in [-0.05, 0) is 67.8 Å². The molecule has 3 aliphatic rings. The van der Waals surface area contributed by atoms with Gasteiger partial charge in [-0.15, -0.1) is 0 Å². The Hall–Kier alpha value is -4.67. The first-order valence-electron chi connectivity index (χ1n) is 12.5. The molecule has 5 aromatic carbocycles. The van der Waals surface area contributed by atoms with Crippen LogP contribution >= 0.6 is 0 Å². The lowest BCUT2D eigenvalue weighted by molar-refractivity contribution is 0.144. The van der Waals surface area contributed by atoms with E-state index in [1.807, 2.05) is 18.2 Å². The quantitative estimate of drug-likeness (QED) is 0.242. The van der Waals surface area contributed by atoms with Crippen LogP contribution in [0, 0.1) is 0 Å². The Kier molecular flexibility index (Phi) is 3.98. The summed E-state index contributed by atoms with van der Waals surface area (Å²) in [6.07, 6.45) is -1.05. The topological polar surface area (TPSA) is 61.4 Å². The molecule has 1 heterocycles. The average Bonchev–Trinajstić information content (AvgIpc) is 3.40. The van der Waals surface area contributed by atoms with Crippen molar-refractivity contribution in [2.45, 2.75) is 11.6 Å². The van der Waals surface area contributed by atoms with Crippen LogP contribution in [0.3, 0.4) is 0 Å². The number of aliphatic hydroxyl groups is 1. The first-order valence-corrected chi connectivity index (χ1v) is 12.5. The predicted octanol–water partition coefficient (Wildman–Crippen LogP) is 6.82. The minimum Gasteiger partial charge on any atom is -0.369 e. The lowest BCUT2D eigenvalue weighted by atomic mass is 9.70. The van der Waals surface area contributed by atoms with Crippen LogP contribution in [0.2, 0.25) is 0 Å². The Bertz CT molecular complexity index is 1740. The highest BCUT2D eigenvalue weighted by Gasteiger charge is 2.51. The van der Waals surface area contributed by atoms with E-state index in [-0.39, 0.29) is 0 Å². The van der Waals surface area contributed by atoms with Crippen molar-refractivity contribution in [3.05, 3.63) is 137 Å². The van der Waals surface area contributed by atoms with Crippen LogP contribution < -0.4 is 10.6 Å². The van der Waals surface area contributed by atoms with Crippen molar-refractivity contribution in [1.29, 1.82) is 0 Å². The van der Waals surface area contributed by atoms with Gasteiger partial charge in [-0.1, -0.05) is 97.1 Å². The molecule has 3 N–H and O–H groups in total. The first kappa shape index (κ1) is 20.5. The zero-order valence-corrected chi connectivity index (χ0v) is 19.8. The molecule has 1 aliphatic heterocycles. The molecule has 5 aromatic rings. The van der Waals surface area contributed by atoms with E-state index in [1.54, 1.807) is 0 Å². The number of amides is 2.